The fourth-order valence-corrected chi connectivity index (χ4v) is 3.16. The lowest BCUT2D eigenvalue weighted by atomic mass is 9.91. The summed E-state index contributed by atoms with van der Waals surface area (Å²) in [5.74, 6) is 0.879. The second kappa shape index (κ2) is 7.82. The number of likely N-dealkylation sites (tertiary alicyclic amines) is 1. The number of amides is 2. The smallest absolute Gasteiger partial charge is 0.251 e. The number of benzene rings is 1. The minimum atomic E-state index is -0.218. The van der Waals surface area contributed by atoms with Crippen molar-refractivity contribution in [3.05, 3.63) is 35.4 Å². The molecule has 24 heavy (non-hydrogen) atoms. The van der Waals surface area contributed by atoms with Crippen LogP contribution in [0.15, 0.2) is 24.3 Å². The lowest BCUT2D eigenvalue weighted by molar-refractivity contribution is -0.133. The van der Waals surface area contributed by atoms with Gasteiger partial charge in [-0.2, -0.15) is 0 Å². The van der Waals surface area contributed by atoms with Gasteiger partial charge in [-0.1, -0.05) is 12.1 Å². The molecular weight excluding hydrogens is 300 g/mol. The third kappa shape index (κ3) is 5.66. The Kier molecular flexibility index (Phi) is 6.03. The Labute approximate surface area is 145 Å². The fourth-order valence-electron chi connectivity index (χ4n) is 3.16. The van der Waals surface area contributed by atoms with Crippen molar-refractivity contribution in [2.24, 2.45) is 5.92 Å². The van der Waals surface area contributed by atoms with Crippen LogP contribution in [0.1, 0.15) is 62.4 Å². The molecule has 0 saturated carbocycles. The second-order valence-electron chi connectivity index (χ2n) is 7.97. The summed E-state index contributed by atoms with van der Waals surface area (Å²) in [6.07, 6.45) is 5.02. The van der Waals surface area contributed by atoms with E-state index >= 15 is 0 Å². The van der Waals surface area contributed by atoms with Crippen LogP contribution in [-0.2, 0) is 11.2 Å². The van der Waals surface area contributed by atoms with E-state index in [9.17, 15) is 9.59 Å². The molecule has 0 aromatic heterocycles. The van der Waals surface area contributed by atoms with E-state index in [1.54, 1.807) is 0 Å². The van der Waals surface area contributed by atoms with Crippen molar-refractivity contribution in [3.8, 4) is 0 Å². The summed E-state index contributed by atoms with van der Waals surface area (Å²) in [5, 5.41) is 2.98. The summed E-state index contributed by atoms with van der Waals surface area (Å²) in [6, 6.07) is 7.91. The van der Waals surface area contributed by atoms with Gasteiger partial charge in [0.15, 0.2) is 0 Å². The summed E-state index contributed by atoms with van der Waals surface area (Å²) in [7, 11) is 1.90. The Bertz CT molecular complexity index is 572. The highest BCUT2D eigenvalue weighted by Crippen LogP contribution is 2.22. The molecular formula is C20H30N2O2. The molecule has 2 amide bonds. The lowest BCUT2D eigenvalue weighted by Gasteiger charge is -2.29. The number of carbonyl (C=O) groups is 2. The first kappa shape index (κ1) is 18.5. The van der Waals surface area contributed by atoms with Crippen LogP contribution in [0, 0.1) is 5.92 Å². The monoisotopic (exact) mass is 330 g/mol. The molecule has 0 aliphatic carbocycles. The maximum Gasteiger partial charge on any atom is 0.251 e. The zero-order valence-electron chi connectivity index (χ0n) is 15.4. The highest BCUT2D eigenvalue weighted by atomic mass is 16.2. The van der Waals surface area contributed by atoms with Gasteiger partial charge in [-0.3, -0.25) is 9.59 Å². The van der Waals surface area contributed by atoms with Crippen LogP contribution in [0.2, 0.25) is 0 Å². The number of hydrogen-bond acceptors (Lipinski definition) is 2. The van der Waals surface area contributed by atoms with Crippen molar-refractivity contribution in [2.75, 3.05) is 13.6 Å². The average molecular weight is 330 g/mol. The van der Waals surface area contributed by atoms with E-state index in [4.69, 9.17) is 0 Å². The van der Waals surface area contributed by atoms with Crippen molar-refractivity contribution < 1.29 is 9.59 Å². The van der Waals surface area contributed by atoms with Gasteiger partial charge in [0.1, 0.15) is 0 Å². The van der Waals surface area contributed by atoms with Crippen LogP contribution in [0.5, 0.6) is 0 Å². The molecule has 1 unspecified atom stereocenters. The lowest BCUT2D eigenvalue weighted by Crippen LogP contribution is -2.40. The molecule has 1 atom stereocenters. The number of carbonyl (C=O) groups excluding carboxylic acids is 2. The van der Waals surface area contributed by atoms with E-state index in [2.05, 4.69) is 5.32 Å². The van der Waals surface area contributed by atoms with Gasteiger partial charge in [-0.15, -0.1) is 0 Å². The molecule has 1 saturated heterocycles. The van der Waals surface area contributed by atoms with Crippen molar-refractivity contribution in [1.29, 1.82) is 0 Å². The van der Waals surface area contributed by atoms with E-state index in [1.165, 1.54) is 5.56 Å². The first-order valence-electron chi connectivity index (χ1n) is 8.90. The van der Waals surface area contributed by atoms with Gasteiger partial charge in [0.25, 0.3) is 5.91 Å². The Balaban J connectivity index is 1.78. The van der Waals surface area contributed by atoms with Gasteiger partial charge in [0.05, 0.1) is 0 Å². The normalized spacial score (nSPS) is 18.6. The third-order valence-corrected chi connectivity index (χ3v) is 4.51. The standard InChI is InChI=1S/C20H30N2O2/c1-20(2,3)21-19(24)17-11-8-15(9-12-17)6-5-7-16-10-13-18(23)22(4)14-16/h8-9,11-12,16H,5-7,10,13-14H2,1-4H3,(H,21,24). The summed E-state index contributed by atoms with van der Waals surface area (Å²) in [5.41, 5.74) is 1.76. The third-order valence-electron chi connectivity index (χ3n) is 4.51. The Morgan fingerprint density at radius 1 is 1.25 bits per heavy atom. The molecule has 132 valence electrons. The number of nitrogens with one attached hydrogen (secondary N) is 1. The molecule has 1 heterocycles. The second-order valence-corrected chi connectivity index (χ2v) is 7.97. The van der Waals surface area contributed by atoms with E-state index < -0.39 is 0 Å². The van der Waals surface area contributed by atoms with Crippen LogP contribution in [0.25, 0.3) is 0 Å². The van der Waals surface area contributed by atoms with Crippen LogP contribution in [0.3, 0.4) is 0 Å². The molecule has 2 rings (SSSR count). The number of aryl methyl sites for hydroxylation is 1. The van der Waals surface area contributed by atoms with Gasteiger partial charge in [-0.05, 0) is 70.1 Å². The van der Waals surface area contributed by atoms with Crippen molar-refractivity contribution in [2.45, 2.75) is 58.4 Å². The molecule has 1 N–H and O–H groups in total. The zero-order chi connectivity index (χ0) is 17.7. The molecule has 1 aliphatic rings. The van der Waals surface area contributed by atoms with Crippen molar-refractivity contribution in [1.82, 2.24) is 10.2 Å². The largest absolute Gasteiger partial charge is 0.347 e. The maximum atomic E-state index is 12.1. The quantitative estimate of drug-likeness (QED) is 0.899. The summed E-state index contributed by atoms with van der Waals surface area (Å²) in [6.45, 7) is 6.84. The van der Waals surface area contributed by atoms with Gasteiger partial charge >= 0.3 is 0 Å². The molecule has 1 aromatic carbocycles. The van der Waals surface area contributed by atoms with E-state index in [-0.39, 0.29) is 17.4 Å². The van der Waals surface area contributed by atoms with Crippen LogP contribution >= 0.6 is 0 Å². The number of nitrogens with zero attached hydrogens (tertiary/aromatic N) is 1. The van der Waals surface area contributed by atoms with Crippen molar-refractivity contribution in [3.63, 3.8) is 0 Å². The Morgan fingerprint density at radius 2 is 1.92 bits per heavy atom. The van der Waals surface area contributed by atoms with Crippen LogP contribution in [0.4, 0.5) is 0 Å². The minimum Gasteiger partial charge on any atom is -0.347 e. The summed E-state index contributed by atoms with van der Waals surface area (Å²) in [4.78, 5) is 25.5. The maximum absolute atomic E-state index is 12.1. The molecule has 0 bridgehead atoms. The Hall–Kier alpha value is -1.84. The average Bonchev–Trinajstić information content (AvgIpc) is 2.50. The molecule has 0 spiro atoms. The number of hydrogen-bond donors (Lipinski definition) is 1. The SMILES string of the molecule is CN1CC(CCCc2ccc(C(=O)NC(C)(C)C)cc2)CCC1=O. The predicted molar refractivity (Wildman–Crippen MR) is 97.0 cm³/mol. The highest BCUT2D eigenvalue weighted by molar-refractivity contribution is 5.94. The van der Waals surface area contributed by atoms with Crippen molar-refractivity contribution >= 4 is 11.8 Å². The minimum absolute atomic E-state index is 0.0241. The molecule has 1 aliphatic heterocycles. The first-order valence-corrected chi connectivity index (χ1v) is 8.90. The van der Waals surface area contributed by atoms with Gasteiger partial charge < -0.3 is 10.2 Å². The van der Waals surface area contributed by atoms with Crippen LogP contribution < -0.4 is 5.32 Å². The molecule has 1 aromatic rings. The predicted octanol–water partition coefficient (Wildman–Crippen LogP) is 3.41. The topological polar surface area (TPSA) is 49.4 Å². The van der Waals surface area contributed by atoms with Crippen LogP contribution in [-0.4, -0.2) is 35.8 Å². The summed E-state index contributed by atoms with van der Waals surface area (Å²) < 4.78 is 0. The van der Waals surface area contributed by atoms with E-state index in [0.717, 1.165) is 32.2 Å². The first-order chi connectivity index (χ1) is 11.2. The molecule has 4 nitrogen and oxygen atoms in total. The van der Waals surface area contributed by atoms with Gasteiger partial charge in [0, 0.05) is 31.1 Å². The molecule has 0 radical (unpaired) electrons. The number of rotatable bonds is 5. The fraction of sp³-hybridized carbons (Fsp3) is 0.600. The highest BCUT2D eigenvalue weighted by Gasteiger charge is 2.22. The van der Waals surface area contributed by atoms with E-state index in [1.807, 2.05) is 57.0 Å². The Morgan fingerprint density at radius 3 is 2.50 bits per heavy atom. The number of piperidine rings is 1. The van der Waals surface area contributed by atoms with E-state index in [0.29, 0.717) is 17.9 Å². The zero-order valence-corrected chi connectivity index (χ0v) is 15.4. The summed E-state index contributed by atoms with van der Waals surface area (Å²) >= 11 is 0. The van der Waals surface area contributed by atoms with Gasteiger partial charge in [-0.25, -0.2) is 0 Å². The molecule has 4 heteroatoms. The molecule has 1 fully saturated rings. The van der Waals surface area contributed by atoms with Gasteiger partial charge in [0.2, 0.25) is 5.91 Å².